The van der Waals surface area contributed by atoms with Crippen LogP contribution in [0.25, 0.3) is 0 Å². The minimum Gasteiger partial charge on any atom is -0.473 e. The van der Waals surface area contributed by atoms with Crippen LogP contribution in [0.1, 0.15) is 110 Å². The summed E-state index contributed by atoms with van der Waals surface area (Å²) in [5.74, 6) is -3.55. The Kier molecular flexibility index (Phi) is 23.6. The summed E-state index contributed by atoms with van der Waals surface area (Å²) in [4.78, 5) is 18.2. The largest absolute Gasteiger partial charge is 0.473 e. The van der Waals surface area contributed by atoms with Gasteiger partial charge in [-0.05, 0) is 6.42 Å². The number of carboxylic acid groups (broad SMARTS) is 2. The van der Waals surface area contributed by atoms with Crippen molar-refractivity contribution in [3.63, 3.8) is 0 Å². The van der Waals surface area contributed by atoms with E-state index in [1.807, 2.05) is 0 Å². The number of unbranched alkanes of at least 4 members (excludes halogenated alkanes) is 15. The van der Waals surface area contributed by atoms with Crippen LogP contribution in [0.4, 0.5) is 0 Å². The number of hydrogen-bond acceptors (Lipinski definition) is 3. The SMILES string of the molecule is CCCCCCCCCCCCCCCCCCNC(=N)N.O=C(O)C(=O)O. The molecule has 0 aliphatic carbocycles. The van der Waals surface area contributed by atoms with Gasteiger partial charge in [0.25, 0.3) is 0 Å². The third-order valence-electron chi connectivity index (χ3n) is 4.53. The number of nitrogens with two attached hydrogens (primary N) is 1. The minimum absolute atomic E-state index is 0.0981. The zero-order valence-corrected chi connectivity index (χ0v) is 17.8. The van der Waals surface area contributed by atoms with Gasteiger partial charge in [-0.1, -0.05) is 103 Å². The smallest absolute Gasteiger partial charge is 0.414 e. The predicted molar refractivity (Wildman–Crippen MR) is 115 cm³/mol. The number of rotatable bonds is 17. The summed E-state index contributed by atoms with van der Waals surface area (Å²) in [5.41, 5.74) is 5.23. The van der Waals surface area contributed by atoms with Gasteiger partial charge < -0.3 is 21.3 Å². The van der Waals surface area contributed by atoms with Gasteiger partial charge in [0, 0.05) is 6.54 Å². The van der Waals surface area contributed by atoms with Crippen molar-refractivity contribution in [1.82, 2.24) is 5.32 Å². The van der Waals surface area contributed by atoms with E-state index < -0.39 is 11.9 Å². The highest BCUT2D eigenvalue weighted by atomic mass is 16.4. The van der Waals surface area contributed by atoms with Crippen molar-refractivity contribution in [2.45, 2.75) is 110 Å². The number of hydrogen-bond donors (Lipinski definition) is 5. The molecule has 0 amide bonds. The van der Waals surface area contributed by atoms with Gasteiger partial charge in [-0.3, -0.25) is 5.41 Å². The summed E-state index contributed by atoms with van der Waals surface area (Å²) < 4.78 is 0. The van der Waals surface area contributed by atoms with E-state index in [-0.39, 0.29) is 5.96 Å². The molecule has 7 heteroatoms. The molecular weight excluding hydrogens is 358 g/mol. The highest BCUT2D eigenvalue weighted by Crippen LogP contribution is 2.13. The van der Waals surface area contributed by atoms with Crippen LogP contribution >= 0.6 is 0 Å². The first-order valence-corrected chi connectivity index (χ1v) is 11.0. The lowest BCUT2D eigenvalue weighted by Crippen LogP contribution is -2.30. The van der Waals surface area contributed by atoms with Crippen LogP contribution in [-0.4, -0.2) is 34.7 Å². The fraction of sp³-hybridized carbons (Fsp3) is 0.857. The molecule has 0 saturated heterocycles. The van der Waals surface area contributed by atoms with Gasteiger partial charge in [0.05, 0.1) is 0 Å². The molecule has 0 unspecified atom stereocenters. The number of carbonyl (C=O) groups is 2. The molecule has 0 fully saturated rings. The van der Waals surface area contributed by atoms with Crippen LogP contribution in [0.5, 0.6) is 0 Å². The first-order chi connectivity index (χ1) is 13.4. The van der Waals surface area contributed by atoms with Gasteiger partial charge in [0.2, 0.25) is 0 Å². The average molecular weight is 402 g/mol. The van der Waals surface area contributed by atoms with Crippen LogP contribution in [0.2, 0.25) is 0 Å². The first-order valence-electron chi connectivity index (χ1n) is 11.0. The predicted octanol–water partition coefficient (Wildman–Crippen LogP) is 4.89. The lowest BCUT2D eigenvalue weighted by Gasteiger charge is -2.04. The molecule has 0 heterocycles. The van der Waals surface area contributed by atoms with Crippen LogP contribution in [-0.2, 0) is 9.59 Å². The maximum absolute atomic E-state index is 9.10. The Balaban J connectivity index is 0. The molecule has 0 rings (SSSR count). The van der Waals surface area contributed by atoms with E-state index in [0.29, 0.717) is 0 Å². The molecule has 6 N–H and O–H groups in total. The number of aliphatic carboxylic acids is 2. The lowest BCUT2D eigenvalue weighted by atomic mass is 10.0. The van der Waals surface area contributed by atoms with Gasteiger partial charge in [-0.25, -0.2) is 9.59 Å². The topological polar surface area (TPSA) is 136 Å². The summed E-state index contributed by atoms with van der Waals surface area (Å²) in [5, 5.41) is 24.7. The Morgan fingerprint density at radius 2 is 0.964 bits per heavy atom. The molecule has 0 aromatic rings. The second-order valence-corrected chi connectivity index (χ2v) is 7.25. The fourth-order valence-electron chi connectivity index (χ4n) is 2.90. The summed E-state index contributed by atoms with van der Waals surface area (Å²) in [6.07, 6.45) is 22.3. The Morgan fingerprint density at radius 3 is 1.21 bits per heavy atom. The molecule has 0 aliphatic heterocycles. The second-order valence-electron chi connectivity index (χ2n) is 7.25. The number of carboxylic acids is 2. The third kappa shape index (κ3) is 29.0. The summed E-state index contributed by atoms with van der Waals surface area (Å²) in [6, 6.07) is 0. The van der Waals surface area contributed by atoms with Crippen LogP contribution in [0.15, 0.2) is 0 Å². The molecule has 0 saturated carbocycles. The lowest BCUT2D eigenvalue weighted by molar-refractivity contribution is -0.159. The second kappa shape index (κ2) is 23.2. The van der Waals surface area contributed by atoms with E-state index in [1.54, 1.807) is 0 Å². The van der Waals surface area contributed by atoms with Crippen LogP contribution < -0.4 is 11.1 Å². The van der Waals surface area contributed by atoms with E-state index in [2.05, 4.69) is 12.2 Å². The standard InChI is InChI=1S/C19H41N3.C2H2O4/c1-2-3-4-5-6-7-8-9-10-11-12-13-14-15-16-17-18-22-19(20)21;3-1(4)2(5)6/h2-18H2,1H3,(H4,20,21,22);(H,3,4)(H,5,6). The van der Waals surface area contributed by atoms with E-state index in [1.165, 1.54) is 96.3 Å². The maximum Gasteiger partial charge on any atom is 0.414 e. The Morgan fingerprint density at radius 1 is 0.679 bits per heavy atom. The highest BCUT2D eigenvalue weighted by Gasteiger charge is 2.04. The summed E-state index contributed by atoms with van der Waals surface area (Å²) >= 11 is 0. The molecule has 0 bridgehead atoms. The fourth-order valence-corrected chi connectivity index (χ4v) is 2.90. The normalized spacial score (nSPS) is 10.0. The molecule has 28 heavy (non-hydrogen) atoms. The van der Waals surface area contributed by atoms with Crippen molar-refractivity contribution < 1.29 is 19.8 Å². The van der Waals surface area contributed by atoms with Gasteiger partial charge in [0.1, 0.15) is 0 Å². The van der Waals surface area contributed by atoms with Gasteiger partial charge in [-0.2, -0.15) is 0 Å². The highest BCUT2D eigenvalue weighted by molar-refractivity contribution is 6.27. The van der Waals surface area contributed by atoms with E-state index in [4.69, 9.17) is 30.9 Å². The molecule has 0 spiro atoms. The zero-order chi connectivity index (χ0) is 21.5. The molecule has 0 atom stereocenters. The molecule has 166 valence electrons. The van der Waals surface area contributed by atoms with Crippen molar-refractivity contribution in [3.05, 3.63) is 0 Å². The monoisotopic (exact) mass is 401 g/mol. The van der Waals surface area contributed by atoms with Crippen molar-refractivity contribution in [1.29, 1.82) is 5.41 Å². The molecule has 0 radical (unpaired) electrons. The van der Waals surface area contributed by atoms with Crippen molar-refractivity contribution in [2.24, 2.45) is 5.73 Å². The summed E-state index contributed by atoms with van der Waals surface area (Å²) in [6.45, 7) is 3.14. The molecule has 0 aliphatic rings. The van der Waals surface area contributed by atoms with E-state index >= 15 is 0 Å². The quantitative estimate of drug-likeness (QED) is 0.102. The summed E-state index contributed by atoms with van der Waals surface area (Å²) in [7, 11) is 0. The third-order valence-corrected chi connectivity index (χ3v) is 4.53. The van der Waals surface area contributed by atoms with E-state index in [9.17, 15) is 0 Å². The molecule has 0 aromatic carbocycles. The van der Waals surface area contributed by atoms with Crippen molar-refractivity contribution in [3.8, 4) is 0 Å². The molecule has 0 aromatic heterocycles. The van der Waals surface area contributed by atoms with Gasteiger partial charge >= 0.3 is 11.9 Å². The van der Waals surface area contributed by atoms with Crippen LogP contribution in [0, 0.1) is 5.41 Å². The minimum atomic E-state index is -1.82. The van der Waals surface area contributed by atoms with Crippen molar-refractivity contribution >= 4 is 17.9 Å². The maximum atomic E-state index is 9.10. The van der Waals surface area contributed by atoms with E-state index in [0.717, 1.165) is 13.0 Å². The zero-order valence-electron chi connectivity index (χ0n) is 17.8. The molecule has 7 nitrogen and oxygen atoms in total. The first kappa shape index (κ1) is 28.4. The number of nitrogens with one attached hydrogen (secondary N) is 2. The Hall–Kier alpha value is -1.79. The average Bonchev–Trinajstić information content (AvgIpc) is 2.64. The number of guanidine groups is 1. The van der Waals surface area contributed by atoms with Gasteiger partial charge in [0.15, 0.2) is 5.96 Å². The Labute approximate surface area is 171 Å². The van der Waals surface area contributed by atoms with Crippen LogP contribution in [0.3, 0.4) is 0 Å². The molecular formula is C21H43N3O4. The van der Waals surface area contributed by atoms with Gasteiger partial charge in [-0.15, -0.1) is 0 Å². The van der Waals surface area contributed by atoms with Crippen molar-refractivity contribution in [2.75, 3.05) is 6.54 Å². The Bertz CT molecular complexity index is 378.